The lowest BCUT2D eigenvalue weighted by atomic mass is 9.97. The molecule has 2 aromatic rings. The van der Waals surface area contributed by atoms with Gasteiger partial charge in [0.2, 0.25) is 0 Å². The molecule has 0 bridgehead atoms. The number of hydrogen-bond donors (Lipinski definition) is 1. The van der Waals surface area contributed by atoms with Crippen molar-refractivity contribution in [1.29, 1.82) is 0 Å². The normalized spacial score (nSPS) is 12.4. The Morgan fingerprint density at radius 3 is 2.57 bits per heavy atom. The first-order valence-corrected chi connectivity index (χ1v) is 8.49. The van der Waals surface area contributed by atoms with E-state index in [1.54, 1.807) is 0 Å². The van der Waals surface area contributed by atoms with E-state index >= 15 is 0 Å². The number of likely N-dealkylation sites (N-methyl/N-ethyl adjacent to an activating group) is 1. The predicted octanol–water partition coefficient (Wildman–Crippen LogP) is 5.96. The Balaban J connectivity index is 2.32. The Bertz CT molecular complexity index is 608. The van der Waals surface area contributed by atoms with Crippen molar-refractivity contribution in [2.75, 3.05) is 6.54 Å². The molecule has 21 heavy (non-hydrogen) atoms. The van der Waals surface area contributed by atoms with Crippen LogP contribution in [0.1, 0.15) is 29.7 Å². The van der Waals surface area contributed by atoms with E-state index in [-0.39, 0.29) is 6.04 Å². The molecule has 112 valence electrons. The maximum atomic E-state index is 6.29. The van der Waals surface area contributed by atoms with Crippen molar-refractivity contribution in [2.24, 2.45) is 0 Å². The Hall–Kier alpha value is -0.540. The molecule has 1 atom stereocenters. The zero-order valence-corrected chi connectivity index (χ0v) is 15.2. The molecule has 0 spiro atoms. The first-order valence-electron chi connectivity index (χ1n) is 6.94. The van der Waals surface area contributed by atoms with Crippen molar-refractivity contribution in [3.8, 4) is 0 Å². The second kappa shape index (κ2) is 7.64. The van der Waals surface area contributed by atoms with Crippen LogP contribution in [0.4, 0.5) is 0 Å². The SMILES string of the molecule is CCNC(Cc1cc(Cl)ccc1Cl)c1cc(C)cc(Br)c1. The highest BCUT2D eigenvalue weighted by molar-refractivity contribution is 9.10. The quantitative estimate of drug-likeness (QED) is 0.668. The van der Waals surface area contributed by atoms with Gasteiger partial charge in [0.25, 0.3) is 0 Å². The van der Waals surface area contributed by atoms with Gasteiger partial charge < -0.3 is 5.32 Å². The largest absolute Gasteiger partial charge is 0.310 e. The smallest absolute Gasteiger partial charge is 0.0439 e. The van der Waals surface area contributed by atoms with Crippen molar-refractivity contribution in [1.82, 2.24) is 5.32 Å². The molecule has 4 heteroatoms. The molecule has 0 fully saturated rings. The number of rotatable bonds is 5. The van der Waals surface area contributed by atoms with Crippen LogP contribution in [0.25, 0.3) is 0 Å². The summed E-state index contributed by atoms with van der Waals surface area (Å²) in [5.74, 6) is 0. The molecule has 2 rings (SSSR count). The second-order valence-electron chi connectivity index (χ2n) is 5.11. The van der Waals surface area contributed by atoms with Gasteiger partial charge in [-0.2, -0.15) is 0 Å². The number of benzene rings is 2. The van der Waals surface area contributed by atoms with E-state index in [9.17, 15) is 0 Å². The lowest BCUT2D eigenvalue weighted by molar-refractivity contribution is 0.549. The summed E-state index contributed by atoms with van der Waals surface area (Å²) in [4.78, 5) is 0. The maximum Gasteiger partial charge on any atom is 0.0439 e. The topological polar surface area (TPSA) is 12.0 Å². The molecule has 0 radical (unpaired) electrons. The van der Waals surface area contributed by atoms with Crippen LogP contribution in [0.3, 0.4) is 0 Å². The van der Waals surface area contributed by atoms with Gasteiger partial charge in [-0.1, -0.05) is 52.1 Å². The zero-order valence-electron chi connectivity index (χ0n) is 12.1. The standard InChI is InChI=1S/C17H18BrCl2N/c1-3-21-17(13-6-11(2)7-14(18)8-13)10-12-9-15(19)4-5-16(12)20/h4-9,17,21H,3,10H2,1-2H3. The summed E-state index contributed by atoms with van der Waals surface area (Å²) >= 11 is 16.0. The minimum absolute atomic E-state index is 0.210. The van der Waals surface area contributed by atoms with Crippen LogP contribution >= 0.6 is 39.1 Å². The van der Waals surface area contributed by atoms with Crippen LogP contribution in [-0.4, -0.2) is 6.54 Å². The van der Waals surface area contributed by atoms with Crippen LogP contribution in [0, 0.1) is 6.92 Å². The summed E-state index contributed by atoms with van der Waals surface area (Å²) in [6.07, 6.45) is 0.809. The zero-order chi connectivity index (χ0) is 15.4. The lowest BCUT2D eigenvalue weighted by Crippen LogP contribution is -2.23. The first-order chi connectivity index (χ1) is 9.99. The summed E-state index contributed by atoms with van der Waals surface area (Å²) in [5, 5.41) is 5.00. The van der Waals surface area contributed by atoms with Crippen LogP contribution < -0.4 is 5.32 Å². The third kappa shape index (κ3) is 4.72. The van der Waals surface area contributed by atoms with E-state index in [0.717, 1.165) is 33.0 Å². The number of halogens is 3. The van der Waals surface area contributed by atoms with Crippen molar-refractivity contribution in [3.63, 3.8) is 0 Å². The Morgan fingerprint density at radius 2 is 1.90 bits per heavy atom. The van der Waals surface area contributed by atoms with Crippen LogP contribution in [0.2, 0.25) is 10.0 Å². The molecule has 0 saturated heterocycles. The molecule has 0 amide bonds. The summed E-state index contributed by atoms with van der Waals surface area (Å²) < 4.78 is 1.09. The van der Waals surface area contributed by atoms with Gasteiger partial charge in [-0.3, -0.25) is 0 Å². The molecular formula is C17H18BrCl2N. The fourth-order valence-electron chi connectivity index (χ4n) is 2.44. The van der Waals surface area contributed by atoms with E-state index in [1.165, 1.54) is 11.1 Å². The van der Waals surface area contributed by atoms with Crippen molar-refractivity contribution in [3.05, 3.63) is 67.6 Å². The minimum Gasteiger partial charge on any atom is -0.310 e. The molecule has 0 aliphatic carbocycles. The van der Waals surface area contributed by atoms with Crippen LogP contribution in [0.15, 0.2) is 40.9 Å². The van der Waals surface area contributed by atoms with E-state index in [4.69, 9.17) is 23.2 Å². The average molecular weight is 387 g/mol. The molecule has 1 N–H and O–H groups in total. The average Bonchev–Trinajstić information content (AvgIpc) is 2.41. The van der Waals surface area contributed by atoms with Crippen LogP contribution in [-0.2, 0) is 6.42 Å². The highest BCUT2D eigenvalue weighted by atomic mass is 79.9. The molecule has 0 aliphatic rings. The third-order valence-electron chi connectivity index (χ3n) is 3.35. The number of nitrogens with one attached hydrogen (secondary N) is 1. The minimum atomic E-state index is 0.210. The molecular weight excluding hydrogens is 369 g/mol. The van der Waals surface area contributed by atoms with E-state index in [0.29, 0.717) is 0 Å². The molecule has 1 unspecified atom stereocenters. The van der Waals surface area contributed by atoms with E-state index in [1.807, 2.05) is 18.2 Å². The van der Waals surface area contributed by atoms with Gasteiger partial charge >= 0.3 is 0 Å². The van der Waals surface area contributed by atoms with Crippen molar-refractivity contribution < 1.29 is 0 Å². The summed E-state index contributed by atoms with van der Waals surface area (Å²) in [5.41, 5.74) is 3.55. The van der Waals surface area contributed by atoms with Crippen molar-refractivity contribution >= 4 is 39.1 Å². The maximum absolute atomic E-state index is 6.29. The van der Waals surface area contributed by atoms with Crippen LogP contribution in [0.5, 0.6) is 0 Å². The van der Waals surface area contributed by atoms with Gasteiger partial charge in [0.15, 0.2) is 0 Å². The fraction of sp³-hybridized carbons (Fsp3) is 0.294. The summed E-state index contributed by atoms with van der Waals surface area (Å²) in [6.45, 7) is 5.11. The lowest BCUT2D eigenvalue weighted by Gasteiger charge is -2.20. The van der Waals surface area contributed by atoms with Gasteiger partial charge in [-0.15, -0.1) is 0 Å². The van der Waals surface area contributed by atoms with Gasteiger partial charge in [0.05, 0.1) is 0 Å². The molecule has 0 aliphatic heterocycles. The molecule has 2 aromatic carbocycles. The second-order valence-corrected chi connectivity index (χ2v) is 6.87. The monoisotopic (exact) mass is 385 g/mol. The highest BCUT2D eigenvalue weighted by Crippen LogP contribution is 2.28. The number of aryl methyl sites for hydroxylation is 1. The molecule has 0 saturated carbocycles. The van der Waals surface area contributed by atoms with Gasteiger partial charge in [-0.25, -0.2) is 0 Å². The summed E-state index contributed by atoms with van der Waals surface area (Å²) in [6, 6.07) is 12.3. The Kier molecular flexibility index (Phi) is 6.12. The molecule has 1 nitrogen and oxygen atoms in total. The summed E-state index contributed by atoms with van der Waals surface area (Å²) in [7, 11) is 0. The van der Waals surface area contributed by atoms with Gasteiger partial charge in [0.1, 0.15) is 0 Å². The predicted molar refractivity (Wildman–Crippen MR) is 95.5 cm³/mol. The first kappa shape index (κ1) is 16.8. The molecule has 0 heterocycles. The Labute approximate surface area is 144 Å². The van der Waals surface area contributed by atoms with E-state index < -0.39 is 0 Å². The van der Waals surface area contributed by atoms with Crippen molar-refractivity contribution in [2.45, 2.75) is 26.3 Å². The van der Waals surface area contributed by atoms with Gasteiger partial charge in [0, 0.05) is 20.6 Å². The van der Waals surface area contributed by atoms with Gasteiger partial charge in [-0.05, 0) is 66.9 Å². The van der Waals surface area contributed by atoms with E-state index in [2.05, 4.69) is 53.3 Å². The third-order valence-corrected chi connectivity index (χ3v) is 4.41. The number of hydrogen-bond acceptors (Lipinski definition) is 1. The molecule has 0 aromatic heterocycles. The fourth-order valence-corrected chi connectivity index (χ4v) is 3.45. The Morgan fingerprint density at radius 1 is 1.14 bits per heavy atom. The highest BCUT2D eigenvalue weighted by Gasteiger charge is 2.14.